The Morgan fingerprint density at radius 1 is 0.857 bits per heavy atom. The first-order valence-corrected chi connectivity index (χ1v) is 9.30. The van der Waals surface area contributed by atoms with Gasteiger partial charge in [-0.25, -0.2) is 0 Å². The maximum Gasteiger partial charge on any atom is 0.0113 e. The van der Waals surface area contributed by atoms with Crippen LogP contribution in [0.3, 0.4) is 0 Å². The van der Waals surface area contributed by atoms with Crippen LogP contribution in [0.25, 0.3) is 0 Å². The second-order valence-electron chi connectivity index (χ2n) is 7.50. The molecule has 2 rings (SSSR count). The average molecular weight is 296 g/mol. The van der Waals surface area contributed by atoms with Crippen molar-refractivity contribution in [3.8, 4) is 0 Å². The van der Waals surface area contributed by atoms with Gasteiger partial charge in [-0.3, -0.25) is 4.90 Å². The zero-order valence-electron chi connectivity index (χ0n) is 14.9. The van der Waals surface area contributed by atoms with Gasteiger partial charge in [-0.15, -0.1) is 0 Å². The molecule has 3 nitrogen and oxygen atoms in total. The Bertz CT molecular complexity index is 276. The Morgan fingerprint density at radius 3 is 2.00 bits per heavy atom. The molecule has 0 bridgehead atoms. The number of piperidine rings is 1. The highest BCUT2D eigenvalue weighted by Gasteiger charge is 2.23. The largest absolute Gasteiger partial charge is 0.301 e. The van der Waals surface area contributed by atoms with Crippen LogP contribution >= 0.6 is 0 Å². The molecule has 124 valence electrons. The van der Waals surface area contributed by atoms with E-state index in [1.807, 2.05) is 0 Å². The summed E-state index contributed by atoms with van der Waals surface area (Å²) >= 11 is 0. The van der Waals surface area contributed by atoms with E-state index in [1.54, 1.807) is 0 Å². The number of piperazine rings is 1. The smallest absolute Gasteiger partial charge is 0.0113 e. The van der Waals surface area contributed by atoms with Gasteiger partial charge in [0.05, 0.1) is 0 Å². The topological polar surface area (TPSA) is 9.72 Å². The molecule has 0 N–H and O–H groups in total. The first-order valence-electron chi connectivity index (χ1n) is 9.30. The third-order valence-electron chi connectivity index (χ3n) is 5.85. The molecule has 21 heavy (non-hydrogen) atoms. The molecule has 2 saturated heterocycles. The molecule has 2 heterocycles. The van der Waals surface area contributed by atoms with E-state index in [4.69, 9.17) is 0 Å². The summed E-state index contributed by atoms with van der Waals surface area (Å²) in [6.07, 6.45) is 5.58. The van der Waals surface area contributed by atoms with Crippen molar-refractivity contribution in [2.75, 3.05) is 45.8 Å². The standard InChI is InChI=1S/C18H37N3/c1-5-17(4)21-10-7-18(8-11-21)6-9-19-12-14-20(15-13-19)16(2)3/h16-18H,5-15H2,1-4H3. The zero-order valence-corrected chi connectivity index (χ0v) is 14.9. The van der Waals surface area contributed by atoms with Crippen LogP contribution in [0.5, 0.6) is 0 Å². The minimum atomic E-state index is 0.719. The molecule has 1 atom stereocenters. The van der Waals surface area contributed by atoms with Gasteiger partial charge in [-0.05, 0) is 72.0 Å². The van der Waals surface area contributed by atoms with Crippen LogP contribution < -0.4 is 0 Å². The third kappa shape index (κ3) is 5.22. The van der Waals surface area contributed by atoms with Gasteiger partial charge in [0, 0.05) is 38.3 Å². The second-order valence-corrected chi connectivity index (χ2v) is 7.50. The third-order valence-corrected chi connectivity index (χ3v) is 5.85. The zero-order chi connectivity index (χ0) is 15.2. The van der Waals surface area contributed by atoms with Crippen molar-refractivity contribution in [2.24, 2.45) is 5.92 Å². The molecule has 0 aromatic heterocycles. The summed E-state index contributed by atoms with van der Waals surface area (Å²) in [5, 5.41) is 0. The second kappa shape index (κ2) is 8.50. The van der Waals surface area contributed by atoms with E-state index >= 15 is 0 Å². The van der Waals surface area contributed by atoms with Crippen LogP contribution in [-0.2, 0) is 0 Å². The molecule has 0 radical (unpaired) electrons. The fourth-order valence-corrected chi connectivity index (χ4v) is 3.81. The van der Waals surface area contributed by atoms with Crippen molar-refractivity contribution < 1.29 is 0 Å². The molecule has 0 spiro atoms. The van der Waals surface area contributed by atoms with Crippen LogP contribution in [0, 0.1) is 5.92 Å². The van der Waals surface area contributed by atoms with Crippen molar-refractivity contribution in [3.63, 3.8) is 0 Å². The fraction of sp³-hybridized carbons (Fsp3) is 1.00. The summed E-state index contributed by atoms with van der Waals surface area (Å²) in [7, 11) is 0. The Morgan fingerprint density at radius 2 is 1.48 bits per heavy atom. The Balaban J connectivity index is 1.60. The molecule has 0 aliphatic carbocycles. The van der Waals surface area contributed by atoms with E-state index in [2.05, 4.69) is 42.4 Å². The minimum Gasteiger partial charge on any atom is -0.301 e. The van der Waals surface area contributed by atoms with Crippen LogP contribution in [0.2, 0.25) is 0 Å². The van der Waals surface area contributed by atoms with Crippen molar-refractivity contribution >= 4 is 0 Å². The molecule has 0 saturated carbocycles. The minimum absolute atomic E-state index is 0.719. The van der Waals surface area contributed by atoms with E-state index in [9.17, 15) is 0 Å². The van der Waals surface area contributed by atoms with Gasteiger partial charge < -0.3 is 9.80 Å². The maximum absolute atomic E-state index is 2.69. The molecular weight excluding hydrogens is 258 g/mol. The summed E-state index contributed by atoms with van der Waals surface area (Å²) in [5.41, 5.74) is 0. The molecule has 0 aromatic carbocycles. The lowest BCUT2D eigenvalue weighted by Crippen LogP contribution is -2.49. The number of nitrogens with zero attached hydrogens (tertiary/aromatic N) is 3. The summed E-state index contributed by atoms with van der Waals surface area (Å²) in [5.74, 6) is 0.980. The van der Waals surface area contributed by atoms with Crippen LogP contribution in [0.4, 0.5) is 0 Å². The highest BCUT2D eigenvalue weighted by atomic mass is 15.3. The Labute approximate surface area is 132 Å². The van der Waals surface area contributed by atoms with E-state index in [-0.39, 0.29) is 0 Å². The van der Waals surface area contributed by atoms with E-state index < -0.39 is 0 Å². The highest BCUT2D eigenvalue weighted by molar-refractivity contribution is 4.78. The Hall–Kier alpha value is -0.120. The molecule has 3 heteroatoms. The lowest BCUT2D eigenvalue weighted by Gasteiger charge is -2.39. The van der Waals surface area contributed by atoms with Crippen LogP contribution in [-0.4, -0.2) is 72.6 Å². The van der Waals surface area contributed by atoms with Crippen molar-refractivity contribution in [3.05, 3.63) is 0 Å². The number of hydrogen-bond acceptors (Lipinski definition) is 3. The molecule has 2 aliphatic rings. The molecule has 2 aliphatic heterocycles. The average Bonchev–Trinajstić information content (AvgIpc) is 2.53. The quantitative estimate of drug-likeness (QED) is 0.746. The van der Waals surface area contributed by atoms with Crippen molar-refractivity contribution in [1.29, 1.82) is 0 Å². The van der Waals surface area contributed by atoms with Gasteiger partial charge in [0.1, 0.15) is 0 Å². The molecule has 0 amide bonds. The molecule has 0 aromatic rings. The molecular formula is C18H37N3. The van der Waals surface area contributed by atoms with Gasteiger partial charge in [0.2, 0.25) is 0 Å². The number of rotatable bonds is 6. The van der Waals surface area contributed by atoms with Crippen LogP contribution in [0.1, 0.15) is 53.4 Å². The predicted molar refractivity (Wildman–Crippen MR) is 91.8 cm³/mol. The molecule has 1 unspecified atom stereocenters. The van der Waals surface area contributed by atoms with E-state index in [1.165, 1.54) is 71.5 Å². The summed E-state index contributed by atoms with van der Waals surface area (Å²) in [4.78, 5) is 8.00. The van der Waals surface area contributed by atoms with Gasteiger partial charge >= 0.3 is 0 Å². The van der Waals surface area contributed by atoms with Gasteiger partial charge in [0.15, 0.2) is 0 Å². The summed E-state index contributed by atoms with van der Waals surface area (Å²) in [6.45, 7) is 18.4. The van der Waals surface area contributed by atoms with Crippen molar-refractivity contribution in [2.45, 2.75) is 65.5 Å². The predicted octanol–water partition coefficient (Wildman–Crippen LogP) is 2.91. The summed E-state index contributed by atoms with van der Waals surface area (Å²) < 4.78 is 0. The number of hydrogen-bond donors (Lipinski definition) is 0. The first-order chi connectivity index (χ1) is 10.1. The van der Waals surface area contributed by atoms with Crippen molar-refractivity contribution in [1.82, 2.24) is 14.7 Å². The maximum atomic E-state index is 2.69. The molecule has 2 fully saturated rings. The van der Waals surface area contributed by atoms with E-state index in [0.717, 1.165) is 18.0 Å². The van der Waals surface area contributed by atoms with E-state index in [0.29, 0.717) is 0 Å². The van der Waals surface area contributed by atoms with Gasteiger partial charge in [0.25, 0.3) is 0 Å². The van der Waals surface area contributed by atoms with Gasteiger partial charge in [-0.1, -0.05) is 6.92 Å². The first kappa shape index (κ1) is 17.2. The Kier molecular flexibility index (Phi) is 6.97. The monoisotopic (exact) mass is 295 g/mol. The van der Waals surface area contributed by atoms with Gasteiger partial charge in [-0.2, -0.15) is 0 Å². The summed E-state index contributed by atoms with van der Waals surface area (Å²) in [6, 6.07) is 1.51. The lowest BCUT2D eigenvalue weighted by molar-refractivity contribution is 0.0926. The number of likely N-dealkylation sites (tertiary alicyclic amines) is 1. The highest BCUT2D eigenvalue weighted by Crippen LogP contribution is 2.23. The lowest BCUT2D eigenvalue weighted by atomic mass is 9.92. The van der Waals surface area contributed by atoms with Crippen LogP contribution in [0.15, 0.2) is 0 Å². The SMILES string of the molecule is CCC(C)N1CCC(CCN2CCN(C(C)C)CC2)CC1. The normalized spacial score (nSPS) is 25.6. The fourth-order valence-electron chi connectivity index (χ4n) is 3.81.